The molecule has 0 aliphatic rings. The Morgan fingerprint density at radius 3 is 2.23 bits per heavy atom. The maximum absolute atomic E-state index is 4.85. The first-order valence-electron chi connectivity index (χ1n) is 7.23. The van der Waals surface area contributed by atoms with E-state index < -0.39 is 0 Å². The van der Waals surface area contributed by atoms with E-state index in [-0.39, 0.29) is 5.92 Å². The first-order valence-corrected chi connectivity index (χ1v) is 9.09. The van der Waals surface area contributed by atoms with Gasteiger partial charge in [-0.15, -0.1) is 25.3 Å². The predicted octanol–water partition coefficient (Wildman–Crippen LogP) is 6.12. The number of benzene rings is 2. The molecule has 2 aromatic rings. The number of hydrogen-bond acceptors (Lipinski definition) is 4. The Kier molecular flexibility index (Phi) is 7.61. The van der Waals surface area contributed by atoms with Gasteiger partial charge in [-0.05, 0) is 36.1 Å². The van der Waals surface area contributed by atoms with Crippen LogP contribution in [0.2, 0.25) is 0 Å². The molecule has 2 aromatic carbocycles. The Labute approximate surface area is 155 Å². The Morgan fingerprint density at radius 1 is 0.955 bits per heavy atom. The highest BCUT2D eigenvalue weighted by molar-refractivity contribution is 7.84. The molecule has 0 fully saturated rings. The average Bonchev–Trinajstić information content (AvgIpc) is 2.53. The minimum Gasteiger partial charge on any atom is -0.175 e. The topological polar surface area (TPSA) is 0 Å². The molecule has 0 saturated carbocycles. The summed E-state index contributed by atoms with van der Waals surface area (Å²) >= 11 is 18.2. The van der Waals surface area contributed by atoms with E-state index in [1.165, 1.54) is 5.56 Å². The molecule has 0 amide bonds. The fourth-order valence-electron chi connectivity index (χ4n) is 2.51. The normalized spacial score (nSPS) is 12.6. The van der Waals surface area contributed by atoms with E-state index in [0.29, 0.717) is 0 Å². The molecular weight excluding hydrogens is 344 g/mol. The van der Waals surface area contributed by atoms with Crippen molar-refractivity contribution in [3.05, 3.63) is 70.7 Å². The lowest BCUT2D eigenvalue weighted by Gasteiger charge is -2.25. The van der Waals surface area contributed by atoms with Crippen molar-refractivity contribution in [2.75, 3.05) is 0 Å². The molecular formula is C18H20S4. The lowest BCUT2D eigenvalue weighted by molar-refractivity contribution is 0.640. The molecule has 0 N–H and O–H groups in total. The zero-order valence-corrected chi connectivity index (χ0v) is 15.8. The monoisotopic (exact) mass is 364 g/mol. The van der Waals surface area contributed by atoms with Crippen molar-refractivity contribution in [1.82, 2.24) is 0 Å². The maximum Gasteiger partial charge on any atom is 0.0648 e. The van der Waals surface area contributed by atoms with Crippen molar-refractivity contribution < 1.29 is 0 Å². The Balaban J connectivity index is 2.32. The van der Waals surface area contributed by atoms with Gasteiger partial charge in [0, 0.05) is 21.5 Å². The molecule has 2 radical (unpaired) electrons. The molecule has 0 nitrogen and oxygen atoms in total. The van der Waals surface area contributed by atoms with Gasteiger partial charge in [0.05, 0.1) is 5.25 Å². The minimum atomic E-state index is 0.221. The van der Waals surface area contributed by atoms with Crippen molar-refractivity contribution in [2.45, 2.75) is 35.0 Å². The third-order valence-corrected chi connectivity index (χ3v) is 5.26. The largest absolute Gasteiger partial charge is 0.175 e. The van der Waals surface area contributed by atoms with Gasteiger partial charge in [-0.25, -0.2) is 0 Å². The molecule has 0 spiro atoms. The molecule has 0 aliphatic carbocycles. The summed E-state index contributed by atoms with van der Waals surface area (Å²) in [6.07, 6.45) is 3.06. The summed E-state index contributed by atoms with van der Waals surface area (Å²) in [5.74, 6) is 2.13. The van der Waals surface area contributed by atoms with Crippen LogP contribution < -0.4 is 0 Å². The number of unbranched alkanes of at least 4 members (excludes halogenated alkanes) is 1. The van der Waals surface area contributed by atoms with Crippen molar-refractivity contribution in [3.8, 4) is 0 Å². The predicted molar refractivity (Wildman–Crippen MR) is 109 cm³/mol. The van der Waals surface area contributed by atoms with E-state index in [2.05, 4.69) is 56.1 Å². The van der Waals surface area contributed by atoms with Gasteiger partial charge in [0.1, 0.15) is 0 Å². The van der Waals surface area contributed by atoms with Crippen molar-refractivity contribution in [1.29, 1.82) is 0 Å². The smallest absolute Gasteiger partial charge is 0.0648 e. The highest BCUT2D eigenvalue weighted by Gasteiger charge is 2.25. The SMILES string of the molecule is S[CH]CCCC([C](S)c1ccccc1S)c1ccccc1S. The van der Waals surface area contributed by atoms with Gasteiger partial charge < -0.3 is 0 Å². The molecule has 0 saturated heterocycles. The lowest BCUT2D eigenvalue weighted by atomic mass is 9.87. The molecule has 116 valence electrons. The molecule has 2 rings (SSSR count). The minimum absolute atomic E-state index is 0.221. The number of hydrogen-bond donors (Lipinski definition) is 4. The van der Waals surface area contributed by atoms with E-state index in [0.717, 1.165) is 39.9 Å². The summed E-state index contributed by atoms with van der Waals surface area (Å²) in [4.78, 5) is 1.96. The fourth-order valence-corrected chi connectivity index (χ4v) is 3.84. The molecule has 4 heteroatoms. The lowest BCUT2D eigenvalue weighted by Crippen LogP contribution is -2.09. The van der Waals surface area contributed by atoms with Crippen molar-refractivity contribution in [2.24, 2.45) is 0 Å². The van der Waals surface area contributed by atoms with Crippen LogP contribution >= 0.6 is 50.5 Å². The summed E-state index contributed by atoms with van der Waals surface area (Å²) in [5, 5.41) is 1.05. The molecule has 1 atom stereocenters. The molecule has 0 aliphatic heterocycles. The van der Waals surface area contributed by atoms with Crippen molar-refractivity contribution in [3.63, 3.8) is 0 Å². The number of thiol groups is 4. The zero-order valence-electron chi connectivity index (χ0n) is 12.2. The molecule has 1 unspecified atom stereocenters. The summed E-state index contributed by atoms with van der Waals surface area (Å²) in [5.41, 5.74) is 2.30. The third kappa shape index (κ3) is 4.67. The van der Waals surface area contributed by atoms with Gasteiger partial charge in [-0.3, -0.25) is 0 Å². The molecule has 22 heavy (non-hydrogen) atoms. The van der Waals surface area contributed by atoms with E-state index in [1.807, 2.05) is 36.1 Å². The van der Waals surface area contributed by atoms with E-state index in [9.17, 15) is 0 Å². The van der Waals surface area contributed by atoms with E-state index in [1.54, 1.807) is 0 Å². The molecule has 0 heterocycles. The third-order valence-electron chi connectivity index (χ3n) is 3.65. The van der Waals surface area contributed by atoms with Crippen LogP contribution in [-0.4, -0.2) is 0 Å². The van der Waals surface area contributed by atoms with Crippen LogP contribution in [0.4, 0.5) is 0 Å². The maximum atomic E-state index is 4.85. The van der Waals surface area contributed by atoms with E-state index in [4.69, 9.17) is 12.6 Å². The quantitative estimate of drug-likeness (QED) is 0.330. The first-order chi connectivity index (χ1) is 10.6. The van der Waals surface area contributed by atoms with Crippen molar-refractivity contribution >= 4 is 50.5 Å². The highest BCUT2D eigenvalue weighted by Crippen LogP contribution is 2.42. The Hall–Kier alpha value is -0.160. The molecule has 0 bridgehead atoms. The summed E-state index contributed by atoms with van der Waals surface area (Å²) in [7, 11) is 0. The van der Waals surface area contributed by atoms with Gasteiger partial charge in [-0.1, -0.05) is 42.8 Å². The second-order valence-corrected chi connectivity index (χ2v) is 6.94. The fraction of sp³-hybridized carbons (Fsp3) is 0.222. The van der Waals surface area contributed by atoms with Gasteiger partial charge >= 0.3 is 0 Å². The second-order valence-electron chi connectivity index (χ2n) is 5.13. The summed E-state index contributed by atoms with van der Waals surface area (Å²) in [6.45, 7) is 0. The van der Waals surface area contributed by atoms with Crippen LogP contribution in [0.5, 0.6) is 0 Å². The van der Waals surface area contributed by atoms with Gasteiger partial charge in [0.25, 0.3) is 0 Å². The van der Waals surface area contributed by atoms with Gasteiger partial charge in [0.2, 0.25) is 0 Å². The van der Waals surface area contributed by atoms with Crippen LogP contribution in [0.3, 0.4) is 0 Å². The summed E-state index contributed by atoms with van der Waals surface area (Å²) < 4.78 is 0. The summed E-state index contributed by atoms with van der Waals surface area (Å²) in [6, 6.07) is 16.3. The zero-order chi connectivity index (χ0) is 15.9. The Bertz CT molecular complexity index is 597. The first kappa shape index (κ1) is 18.2. The van der Waals surface area contributed by atoms with Crippen LogP contribution in [0.1, 0.15) is 36.3 Å². The van der Waals surface area contributed by atoms with Crippen LogP contribution in [0, 0.1) is 11.0 Å². The standard InChI is InChI=1S/C18H20S4/c19-12-6-5-8-14(13-7-1-3-10-16(13)20)18(22)15-9-2-4-11-17(15)21/h1-4,7,9-12,14,19-22H,5-6,8H2. The van der Waals surface area contributed by atoms with Crippen LogP contribution in [0.25, 0.3) is 0 Å². The van der Waals surface area contributed by atoms with E-state index >= 15 is 0 Å². The van der Waals surface area contributed by atoms with Gasteiger partial charge in [-0.2, -0.15) is 25.3 Å². The van der Waals surface area contributed by atoms with Crippen LogP contribution in [-0.2, 0) is 0 Å². The number of rotatable bonds is 7. The molecule has 0 aromatic heterocycles. The van der Waals surface area contributed by atoms with Gasteiger partial charge in [0.15, 0.2) is 0 Å². The van der Waals surface area contributed by atoms with Crippen LogP contribution in [0.15, 0.2) is 58.3 Å². The second kappa shape index (κ2) is 9.21. The highest BCUT2D eigenvalue weighted by atomic mass is 32.1. The Morgan fingerprint density at radius 2 is 1.59 bits per heavy atom. The average molecular weight is 365 g/mol.